The quantitative estimate of drug-likeness (QED) is 0.576. The first kappa shape index (κ1) is 19.4. The second-order valence-electron chi connectivity index (χ2n) is 6.96. The first-order chi connectivity index (χ1) is 11.3. The topological polar surface area (TPSA) is 51.8 Å². The first-order valence-corrected chi connectivity index (χ1v) is 12.7. The molecule has 6 heteroatoms. The van der Waals surface area contributed by atoms with Crippen molar-refractivity contribution in [3.8, 4) is 0 Å². The van der Waals surface area contributed by atoms with Crippen molar-refractivity contribution in [2.45, 2.75) is 59.6 Å². The monoisotopic (exact) mass is 366 g/mol. The van der Waals surface area contributed by atoms with Crippen LogP contribution in [0.15, 0.2) is 22.6 Å². The summed E-state index contributed by atoms with van der Waals surface area (Å²) < 4.78 is 17.7. The van der Waals surface area contributed by atoms with Crippen LogP contribution in [0, 0.1) is 19.3 Å². The van der Waals surface area contributed by atoms with E-state index in [4.69, 9.17) is 13.3 Å². The molecule has 4 nitrogen and oxygen atoms in total. The second kappa shape index (κ2) is 7.97. The molecule has 134 valence electrons. The lowest BCUT2D eigenvalue weighted by Gasteiger charge is -2.36. The third-order valence-electron chi connectivity index (χ3n) is 4.59. The van der Waals surface area contributed by atoms with Crippen molar-refractivity contribution < 1.29 is 18.4 Å². The Labute approximate surface area is 149 Å². The molecular formula is C18H30O4Si2. The minimum absolute atomic E-state index is 0.222. The first-order valence-electron chi connectivity index (χ1n) is 8.71. The van der Waals surface area contributed by atoms with Crippen molar-refractivity contribution in [1.29, 1.82) is 0 Å². The summed E-state index contributed by atoms with van der Waals surface area (Å²) in [6.45, 7) is 12.4. The summed E-state index contributed by atoms with van der Waals surface area (Å²) in [5.41, 5.74) is 2.52. The van der Waals surface area contributed by atoms with E-state index in [0.29, 0.717) is 6.42 Å². The van der Waals surface area contributed by atoms with Crippen LogP contribution in [0.2, 0.25) is 13.1 Å². The molecule has 0 fully saturated rings. The molecule has 1 aromatic carbocycles. The zero-order valence-electron chi connectivity index (χ0n) is 15.7. The summed E-state index contributed by atoms with van der Waals surface area (Å²) in [6.07, 6.45) is -0.265. The molecule has 1 unspecified atom stereocenters. The molecule has 1 heterocycles. The Morgan fingerprint density at radius 3 is 2.38 bits per heavy atom. The molecule has 0 aliphatic heterocycles. The molecule has 1 N–H and O–H groups in total. The number of benzene rings is 1. The predicted octanol–water partition coefficient (Wildman–Crippen LogP) is 3.12. The highest BCUT2D eigenvalue weighted by molar-refractivity contribution is 6.26. The number of aliphatic hydroxyl groups excluding tert-OH is 1. The molecule has 24 heavy (non-hydrogen) atoms. The number of fused-ring (bicyclic) bond motifs is 1. The lowest BCUT2D eigenvalue weighted by atomic mass is 9.84. The van der Waals surface area contributed by atoms with E-state index in [1.807, 2.05) is 25.1 Å². The molecule has 0 saturated carbocycles. The number of furan rings is 1. The van der Waals surface area contributed by atoms with Crippen LogP contribution >= 0.6 is 0 Å². The Kier molecular flexibility index (Phi) is 6.44. The summed E-state index contributed by atoms with van der Waals surface area (Å²) >= 11 is 0. The molecule has 0 aliphatic rings. The molecule has 0 amide bonds. The van der Waals surface area contributed by atoms with Gasteiger partial charge in [-0.15, -0.1) is 0 Å². The van der Waals surface area contributed by atoms with Crippen molar-refractivity contribution in [2.24, 2.45) is 5.41 Å². The highest BCUT2D eigenvalue weighted by atomic mass is 28.2. The zero-order chi connectivity index (χ0) is 17.9. The summed E-state index contributed by atoms with van der Waals surface area (Å²) in [5, 5.41) is 12.0. The zero-order valence-corrected chi connectivity index (χ0v) is 18.5. The van der Waals surface area contributed by atoms with Gasteiger partial charge < -0.3 is 18.4 Å². The summed E-state index contributed by atoms with van der Waals surface area (Å²) in [5.74, 6) is 0.905. The maximum atomic E-state index is 10.9. The van der Waals surface area contributed by atoms with Gasteiger partial charge in [-0.25, -0.2) is 0 Å². The molecule has 0 aliphatic carbocycles. The van der Waals surface area contributed by atoms with Gasteiger partial charge >= 0.3 is 0 Å². The van der Waals surface area contributed by atoms with Crippen molar-refractivity contribution >= 4 is 30.5 Å². The van der Waals surface area contributed by atoms with Crippen molar-refractivity contribution in [1.82, 2.24) is 0 Å². The average molecular weight is 367 g/mol. The second-order valence-corrected chi connectivity index (χ2v) is 8.78. The fourth-order valence-electron chi connectivity index (χ4n) is 3.15. The number of hydrogen-bond donors (Lipinski definition) is 1. The molecule has 1 aromatic heterocycles. The van der Waals surface area contributed by atoms with E-state index in [0.717, 1.165) is 27.9 Å². The van der Waals surface area contributed by atoms with Gasteiger partial charge in [0, 0.05) is 16.4 Å². The van der Waals surface area contributed by atoms with Gasteiger partial charge in [0.2, 0.25) is 0 Å². The smallest absolute Gasteiger partial charge is 0.161 e. The van der Waals surface area contributed by atoms with E-state index < -0.39 is 25.6 Å². The standard InChI is InChI=1S/C18H30O4Si2/c1-11-12(2)20-16-13(11)8-7-9-14(16)15(19)10-18(3,4)17(21-23-5)22-24-6/h7-9,15,17,19H,10,23-24H2,1-6H3. The van der Waals surface area contributed by atoms with Gasteiger partial charge in [0.05, 0.1) is 6.10 Å². The van der Waals surface area contributed by atoms with Gasteiger partial charge in [-0.3, -0.25) is 0 Å². The Morgan fingerprint density at radius 2 is 1.79 bits per heavy atom. The van der Waals surface area contributed by atoms with Gasteiger partial charge in [0.15, 0.2) is 19.5 Å². The Bertz CT molecular complexity index is 675. The van der Waals surface area contributed by atoms with Crippen molar-refractivity contribution in [2.75, 3.05) is 0 Å². The molecule has 0 radical (unpaired) electrons. The Hall–Kier alpha value is -0.926. The van der Waals surface area contributed by atoms with E-state index in [-0.39, 0.29) is 11.7 Å². The van der Waals surface area contributed by atoms with Gasteiger partial charge in [0.25, 0.3) is 0 Å². The van der Waals surface area contributed by atoms with Gasteiger partial charge in [-0.1, -0.05) is 45.1 Å². The van der Waals surface area contributed by atoms with E-state index in [1.54, 1.807) is 0 Å². The highest BCUT2D eigenvalue weighted by Gasteiger charge is 2.33. The molecule has 2 aromatic rings. The van der Waals surface area contributed by atoms with Gasteiger partial charge in [-0.2, -0.15) is 0 Å². The van der Waals surface area contributed by atoms with Crippen LogP contribution in [0.3, 0.4) is 0 Å². The van der Waals surface area contributed by atoms with Crippen LogP contribution in [0.25, 0.3) is 11.0 Å². The molecule has 0 bridgehead atoms. The number of rotatable bonds is 8. The molecule has 2 rings (SSSR count). The Balaban J connectivity index is 2.28. The van der Waals surface area contributed by atoms with Crippen LogP contribution in [0.1, 0.15) is 43.3 Å². The molecule has 0 saturated heterocycles. The Morgan fingerprint density at radius 1 is 1.17 bits per heavy atom. The summed E-state index contributed by atoms with van der Waals surface area (Å²) in [6, 6.07) is 5.98. The fraction of sp³-hybridized carbons (Fsp3) is 0.556. The van der Waals surface area contributed by atoms with E-state index in [9.17, 15) is 5.11 Å². The lowest BCUT2D eigenvalue weighted by molar-refractivity contribution is -0.0954. The van der Waals surface area contributed by atoms with Crippen molar-refractivity contribution in [3.05, 3.63) is 35.1 Å². The third-order valence-corrected chi connectivity index (χ3v) is 5.86. The average Bonchev–Trinajstić information content (AvgIpc) is 2.81. The van der Waals surface area contributed by atoms with Crippen molar-refractivity contribution in [3.63, 3.8) is 0 Å². The number of aliphatic hydroxyl groups is 1. The summed E-state index contributed by atoms with van der Waals surface area (Å²) in [4.78, 5) is 0. The molecular weight excluding hydrogens is 336 g/mol. The van der Waals surface area contributed by atoms with Crippen LogP contribution < -0.4 is 0 Å². The highest BCUT2D eigenvalue weighted by Crippen LogP contribution is 2.38. The largest absolute Gasteiger partial charge is 0.461 e. The number of hydrogen-bond acceptors (Lipinski definition) is 4. The summed E-state index contributed by atoms with van der Waals surface area (Å²) in [7, 11) is -1.14. The van der Waals surface area contributed by atoms with E-state index in [1.165, 1.54) is 0 Å². The minimum Gasteiger partial charge on any atom is -0.461 e. The lowest BCUT2D eigenvalue weighted by Crippen LogP contribution is -2.37. The maximum Gasteiger partial charge on any atom is 0.161 e. The normalized spacial score (nSPS) is 16.0. The third kappa shape index (κ3) is 4.00. The fourth-order valence-corrected chi connectivity index (χ4v) is 5.05. The van der Waals surface area contributed by atoms with Crippen LogP contribution in [0.4, 0.5) is 0 Å². The molecule has 0 spiro atoms. The van der Waals surface area contributed by atoms with Crippen LogP contribution in [-0.4, -0.2) is 30.9 Å². The van der Waals surface area contributed by atoms with Crippen LogP contribution in [0.5, 0.6) is 0 Å². The number of para-hydroxylation sites is 1. The van der Waals surface area contributed by atoms with E-state index in [2.05, 4.69) is 33.9 Å². The van der Waals surface area contributed by atoms with Crippen LogP contribution in [-0.2, 0) is 8.85 Å². The van der Waals surface area contributed by atoms with E-state index >= 15 is 0 Å². The number of aryl methyl sites for hydroxylation is 2. The van der Waals surface area contributed by atoms with Gasteiger partial charge in [0.1, 0.15) is 17.6 Å². The SMILES string of the molecule is C[SiH2]OC(O[SiH2]C)C(C)(C)CC(O)c1cccc2c(C)c(C)oc12. The predicted molar refractivity (Wildman–Crippen MR) is 104 cm³/mol. The minimum atomic E-state index is -0.611. The molecule has 1 atom stereocenters. The maximum absolute atomic E-state index is 10.9. The van der Waals surface area contributed by atoms with Gasteiger partial charge in [-0.05, 0) is 25.8 Å².